The van der Waals surface area contributed by atoms with Gasteiger partial charge in [-0.15, -0.1) is 0 Å². The normalized spacial score (nSPS) is 13.4. The number of hydrogen-bond acceptors (Lipinski definition) is 2. The van der Waals surface area contributed by atoms with Gasteiger partial charge in [0.25, 0.3) is 0 Å². The summed E-state index contributed by atoms with van der Waals surface area (Å²) in [5, 5.41) is 0. The van der Waals surface area contributed by atoms with Gasteiger partial charge in [0.05, 0.1) is 13.2 Å². The molecule has 0 fully saturated rings. The molecule has 0 aromatic heterocycles. The molecule has 2 nitrogen and oxygen atoms in total. The van der Waals surface area contributed by atoms with Gasteiger partial charge in [-0.25, -0.2) is 0 Å². The highest BCUT2D eigenvalue weighted by atomic mass is 28.4. The van der Waals surface area contributed by atoms with Gasteiger partial charge in [0.2, 0.25) is 0 Å². The molecule has 0 unspecified atom stereocenters. The SMILES string of the molecule is C[Si](C)(C)OCCOC[B-](F)(F)F. The van der Waals surface area contributed by atoms with Crippen LogP contribution in [0.25, 0.3) is 0 Å². The maximum Gasteiger partial charge on any atom is 0.503 e. The van der Waals surface area contributed by atoms with Crippen molar-refractivity contribution in [2.75, 3.05) is 19.7 Å². The van der Waals surface area contributed by atoms with Crippen molar-refractivity contribution in [3.8, 4) is 0 Å². The van der Waals surface area contributed by atoms with Crippen molar-refractivity contribution in [2.45, 2.75) is 19.6 Å². The Hall–Kier alpha value is -0.00818. The monoisotopic (exact) mass is 215 g/mol. The quantitative estimate of drug-likeness (QED) is 0.499. The Labute approximate surface area is 77.6 Å². The third kappa shape index (κ3) is 12.0. The largest absolute Gasteiger partial charge is 0.503 e. The molecule has 13 heavy (non-hydrogen) atoms. The molecule has 0 aromatic carbocycles. The number of rotatable bonds is 6. The second kappa shape index (κ2) is 5.02. The highest BCUT2D eigenvalue weighted by Gasteiger charge is 2.23. The Bertz CT molecular complexity index is 130. The fourth-order valence-electron chi connectivity index (χ4n) is 0.624. The molecule has 0 saturated heterocycles. The zero-order chi connectivity index (χ0) is 10.5. The first-order chi connectivity index (χ1) is 5.71. The first-order valence-corrected chi connectivity index (χ1v) is 7.54. The molecule has 0 aliphatic rings. The minimum atomic E-state index is -4.81. The number of ether oxygens (including phenoxy) is 1. The predicted octanol–water partition coefficient (Wildman–Crippen LogP) is 2.24. The van der Waals surface area contributed by atoms with E-state index in [2.05, 4.69) is 4.74 Å². The summed E-state index contributed by atoms with van der Waals surface area (Å²) in [6, 6.07) is 0. The van der Waals surface area contributed by atoms with E-state index in [1.807, 2.05) is 19.6 Å². The number of hydrogen-bond donors (Lipinski definition) is 0. The van der Waals surface area contributed by atoms with Crippen LogP contribution in [-0.4, -0.2) is 35.0 Å². The number of halogens is 3. The van der Waals surface area contributed by atoms with Gasteiger partial charge in [-0.1, -0.05) is 0 Å². The molecule has 0 radical (unpaired) electrons. The van der Waals surface area contributed by atoms with E-state index in [1.165, 1.54) is 0 Å². The summed E-state index contributed by atoms with van der Waals surface area (Å²) in [5.74, 6) is 0. The zero-order valence-electron chi connectivity index (χ0n) is 8.15. The van der Waals surface area contributed by atoms with Gasteiger partial charge in [-0.3, -0.25) is 0 Å². The Morgan fingerprint density at radius 2 is 1.62 bits per heavy atom. The van der Waals surface area contributed by atoms with Crippen LogP contribution >= 0.6 is 0 Å². The van der Waals surface area contributed by atoms with Crippen molar-refractivity contribution in [1.29, 1.82) is 0 Å². The van der Waals surface area contributed by atoms with Crippen LogP contribution in [0.4, 0.5) is 12.9 Å². The van der Waals surface area contributed by atoms with Gasteiger partial charge >= 0.3 is 6.98 Å². The first kappa shape index (κ1) is 13.0. The van der Waals surface area contributed by atoms with Crippen LogP contribution in [0.3, 0.4) is 0 Å². The van der Waals surface area contributed by atoms with Crippen LogP contribution < -0.4 is 0 Å². The molecule has 0 aromatic rings. The van der Waals surface area contributed by atoms with Crippen LogP contribution in [-0.2, 0) is 9.16 Å². The second-order valence-electron chi connectivity index (χ2n) is 3.75. The highest BCUT2D eigenvalue weighted by molar-refractivity contribution is 6.69. The summed E-state index contributed by atoms with van der Waals surface area (Å²) in [4.78, 5) is 0. The smallest absolute Gasteiger partial charge is 0.447 e. The van der Waals surface area contributed by atoms with Crippen LogP contribution in [0.5, 0.6) is 0 Å². The van der Waals surface area contributed by atoms with Crippen molar-refractivity contribution in [3.63, 3.8) is 0 Å². The van der Waals surface area contributed by atoms with Gasteiger partial charge in [0, 0.05) is 6.51 Å². The topological polar surface area (TPSA) is 18.5 Å². The summed E-state index contributed by atoms with van der Waals surface area (Å²) in [6.45, 7) is 0.246. The standard InChI is InChI=1S/C6H15BF3O2Si/c1-13(2,3)12-5-4-11-6-7(8,9)10/h4-6H2,1-3H3/q-1. The molecule has 0 spiro atoms. The summed E-state index contributed by atoms with van der Waals surface area (Å²) in [7, 11) is -1.61. The van der Waals surface area contributed by atoms with Gasteiger partial charge in [0.1, 0.15) is 0 Å². The second-order valence-corrected chi connectivity index (χ2v) is 8.26. The van der Waals surface area contributed by atoms with Gasteiger partial charge in [0.15, 0.2) is 8.32 Å². The molecule has 0 aliphatic carbocycles. The summed E-state index contributed by atoms with van der Waals surface area (Å²) in [5.41, 5.74) is 0. The van der Waals surface area contributed by atoms with Gasteiger partial charge in [-0.05, 0) is 19.6 Å². The van der Waals surface area contributed by atoms with Crippen molar-refractivity contribution in [1.82, 2.24) is 0 Å². The Balaban J connectivity index is 3.28. The van der Waals surface area contributed by atoms with E-state index < -0.39 is 21.8 Å². The molecule has 0 saturated carbocycles. The molecule has 0 aliphatic heterocycles. The van der Waals surface area contributed by atoms with Crippen molar-refractivity contribution in [2.24, 2.45) is 0 Å². The molecule has 0 bridgehead atoms. The molecule has 80 valence electrons. The lowest BCUT2D eigenvalue weighted by atomic mass is 9.95. The van der Waals surface area contributed by atoms with Crippen LogP contribution in [0.15, 0.2) is 0 Å². The molecule has 0 heterocycles. The molecule has 0 rings (SSSR count). The van der Waals surface area contributed by atoms with Crippen LogP contribution in [0.1, 0.15) is 0 Å². The summed E-state index contributed by atoms with van der Waals surface area (Å²) < 4.78 is 44.6. The van der Waals surface area contributed by atoms with E-state index in [0.717, 1.165) is 0 Å². The van der Waals surface area contributed by atoms with E-state index >= 15 is 0 Å². The Kier molecular flexibility index (Phi) is 5.02. The minimum absolute atomic E-state index is 0.0194. The van der Waals surface area contributed by atoms with Crippen LogP contribution in [0, 0.1) is 0 Å². The summed E-state index contributed by atoms with van der Waals surface area (Å²) >= 11 is 0. The third-order valence-electron chi connectivity index (χ3n) is 1.07. The predicted molar refractivity (Wildman–Crippen MR) is 49.2 cm³/mol. The Morgan fingerprint density at radius 1 is 1.08 bits per heavy atom. The Morgan fingerprint density at radius 3 is 2.00 bits per heavy atom. The average Bonchev–Trinajstić information content (AvgIpc) is 1.81. The fourth-order valence-corrected chi connectivity index (χ4v) is 1.32. The molecule has 0 N–H and O–H groups in total. The maximum atomic E-state index is 11.6. The van der Waals surface area contributed by atoms with E-state index in [-0.39, 0.29) is 13.2 Å². The molecular weight excluding hydrogens is 200 g/mol. The van der Waals surface area contributed by atoms with E-state index in [9.17, 15) is 12.9 Å². The lowest BCUT2D eigenvalue weighted by Gasteiger charge is -2.18. The average molecular weight is 215 g/mol. The third-order valence-corrected chi connectivity index (χ3v) is 2.14. The van der Waals surface area contributed by atoms with Crippen molar-refractivity contribution >= 4 is 15.3 Å². The van der Waals surface area contributed by atoms with Crippen LogP contribution in [0.2, 0.25) is 19.6 Å². The molecule has 0 amide bonds. The lowest BCUT2D eigenvalue weighted by molar-refractivity contribution is 0.112. The van der Waals surface area contributed by atoms with Crippen molar-refractivity contribution < 1.29 is 22.1 Å². The maximum absolute atomic E-state index is 11.6. The molecular formula is C6H15BF3O2Si-. The molecule has 7 heteroatoms. The molecule has 0 atom stereocenters. The zero-order valence-corrected chi connectivity index (χ0v) is 9.15. The van der Waals surface area contributed by atoms with Crippen molar-refractivity contribution in [3.05, 3.63) is 0 Å². The van der Waals surface area contributed by atoms with Gasteiger partial charge in [-0.2, -0.15) is 0 Å². The van der Waals surface area contributed by atoms with Gasteiger partial charge < -0.3 is 22.1 Å². The first-order valence-electron chi connectivity index (χ1n) is 4.13. The minimum Gasteiger partial charge on any atom is -0.447 e. The highest BCUT2D eigenvalue weighted by Crippen LogP contribution is 2.08. The van der Waals surface area contributed by atoms with E-state index in [0.29, 0.717) is 0 Å². The van der Waals surface area contributed by atoms with E-state index in [1.54, 1.807) is 0 Å². The summed E-state index contributed by atoms with van der Waals surface area (Å²) in [6.07, 6.45) is 0. The fraction of sp³-hybridized carbons (Fsp3) is 1.00. The van der Waals surface area contributed by atoms with E-state index in [4.69, 9.17) is 4.43 Å². The lowest BCUT2D eigenvalue weighted by Crippen LogP contribution is -2.29.